The average molecular weight is 446 g/mol. The van der Waals surface area contributed by atoms with Gasteiger partial charge < -0.3 is 10.3 Å². The SMILES string of the molecule is CCCCN(C(C)=O)c1c(CC)nc2ccc(C(=O)NCCc3c[nH]c4ccccc34)cn12. The van der Waals surface area contributed by atoms with Crippen molar-refractivity contribution < 1.29 is 9.59 Å². The molecule has 3 heterocycles. The molecule has 0 saturated heterocycles. The van der Waals surface area contributed by atoms with Crippen LogP contribution in [0.25, 0.3) is 16.6 Å². The Morgan fingerprint density at radius 1 is 1.15 bits per heavy atom. The molecule has 2 amide bonds. The van der Waals surface area contributed by atoms with Gasteiger partial charge in [-0.05, 0) is 43.0 Å². The van der Waals surface area contributed by atoms with Gasteiger partial charge in [-0.1, -0.05) is 38.5 Å². The van der Waals surface area contributed by atoms with Gasteiger partial charge in [-0.15, -0.1) is 0 Å². The van der Waals surface area contributed by atoms with E-state index in [1.165, 1.54) is 10.9 Å². The first-order valence-corrected chi connectivity index (χ1v) is 11.7. The molecule has 4 aromatic rings. The third kappa shape index (κ3) is 4.62. The van der Waals surface area contributed by atoms with E-state index in [0.717, 1.165) is 41.9 Å². The van der Waals surface area contributed by atoms with E-state index < -0.39 is 0 Å². The van der Waals surface area contributed by atoms with Crippen LogP contribution >= 0.6 is 0 Å². The monoisotopic (exact) mass is 445 g/mol. The van der Waals surface area contributed by atoms with Crippen molar-refractivity contribution >= 4 is 34.2 Å². The van der Waals surface area contributed by atoms with Gasteiger partial charge in [0.1, 0.15) is 11.5 Å². The van der Waals surface area contributed by atoms with Gasteiger partial charge >= 0.3 is 0 Å². The first-order valence-electron chi connectivity index (χ1n) is 11.7. The van der Waals surface area contributed by atoms with Crippen LogP contribution in [0.1, 0.15) is 55.2 Å². The lowest BCUT2D eigenvalue weighted by molar-refractivity contribution is -0.116. The maximum Gasteiger partial charge on any atom is 0.252 e. The zero-order valence-electron chi connectivity index (χ0n) is 19.5. The zero-order chi connectivity index (χ0) is 23.4. The van der Waals surface area contributed by atoms with Crippen molar-refractivity contribution in [3.05, 3.63) is 65.6 Å². The first kappa shape index (κ1) is 22.6. The van der Waals surface area contributed by atoms with Crippen LogP contribution in [0.5, 0.6) is 0 Å². The molecule has 0 spiro atoms. The summed E-state index contributed by atoms with van der Waals surface area (Å²) in [5.41, 5.74) is 4.42. The summed E-state index contributed by atoms with van der Waals surface area (Å²) in [7, 11) is 0. The van der Waals surface area contributed by atoms with Gasteiger partial charge in [0, 0.05) is 43.3 Å². The normalized spacial score (nSPS) is 11.2. The minimum atomic E-state index is -0.141. The number of carbonyl (C=O) groups excluding carboxylic acids is 2. The van der Waals surface area contributed by atoms with Crippen LogP contribution in [0.15, 0.2) is 48.8 Å². The number of aromatic nitrogens is 3. The highest BCUT2D eigenvalue weighted by molar-refractivity contribution is 5.95. The van der Waals surface area contributed by atoms with Crippen molar-refractivity contribution in [2.24, 2.45) is 0 Å². The number of H-pyrrole nitrogens is 1. The number of benzene rings is 1. The summed E-state index contributed by atoms with van der Waals surface area (Å²) in [6, 6.07) is 11.8. The topological polar surface area (TPSA) is 82.5 Å². The van der Waals surface area contributed by atoms with Crippen molar-refractivity contribution in [2.75, 3.05) is 18.0 Å². The summed E-state index contributed by atoms with van der Waals surface area (Å²) in [5, 5.41) is 4.21. The number of rotatable bonds is 9. The number of fused-ring (bicyclic) bond motifs is 2. The molecule has 2 N–H and O–H groups in total. The molecule has 0 fully saturated rings. The quantitative estimate of drug-likeness (QED) is 0.398. The summed E-state index contributed by atoms with van der Waals surface area (Å²) in [6.45, 7) is 6.88. The molecule has 0 aliphatic carbocycles. The van der Waals surface area contributed by atoms with E-state index in [9.17, 15) is 9.59 Å². The summed E-state index contributed by atoms with van der Waals surface area (Å²) in [5.74, 6) is 0.604. The van der Waals surface area contributed by atoms with Crippen molar-refractivity contribution in [3.8, 4) is 0 Å². The molecule has 3 aromatic heterocycles. The lowest BCUT2D eigenvalue weighted by Gasteiger charge is -2.21. The van der Waals surface area contributed by atoms with E-state index >= 15 is 0 Å². The number of carbonyl (C=O) groups is 2. The van der Waals surface area contributed by atoms with Crippen LogP contribution in [0.4, 0.5) is 5.82 Å². The van der Waals surface area contributed by atoms with Crippen LogP contribution in [-0.2, 0) is 17.6 Å². The lowest BCUT2D eigenvalue weighted by atomic mass is 10.1. The van der Waals surface area contributed by atoms with Crippen LogP contribution in [0.2, 0.25) is 0 Å². The Labute approximate surface area is 193 Å². The van der Waals surface area contributed by atoms with E-state index in [1.807, 2.05) is 41.8 Å². The molecule has 0 radical (unpaired) electrons. The molecule has 172 valence electrons. The molecule has 0 aliphatic rings. The summed E-state index contributed by atoms with van der Waals surface area (Å²) < 4.78 is 1.88. The first-order chi connectivity index (χ1) is 16.0. The van der Waals surface area contributed by atoms with Gasteiger partial charge in [0.05, 0.1) is 11.3 Å². The Hall–Kier alpha value is -3.61. The van der Waals surface area contributed by atoms with Gasteiger partial charge in [0.15, 0.2) is 0 Å². The Morgan fingerprint density at radius 3 is 2.73 bits per heavy atom. The van der Waals surface area contributed by atoms with E-state index in [4.69, 9.17) is 4.98 Å². The van der Waals surface area contributed by atoms with Gasteiger partial charge in [0.2, 0.25) is 5.91 Å². The van der Waals surface area contributed by atoms with Gasteiger partial charge in [-0.3, -0.25) is 18.9 Å². The number of unbranched alkanes of at least 4 members (excludes halogenated alkanes) is 1. The Morgan fingerprint density at radius 2 is 1.97 bits per heavy atom. The molecule has 7 heteroatoms. The van der Waals surface area contributed by atoms with E-state index in [1.54, 1.807) is 24.1 Å². The molecule has 0 aliphatic heterocycles. The van der Waals surface area contributed by atoms with Gasteiger partial charge in [0.25, 0.3) is 5.91 Å². The number of amides is 2. The summed E-state index contributed by atoms with van der Waals surface area (Å²) in [6.07, 6.45) is 7.14. The van der Waals surface area contributed by atoms with Crippen LogP contribution in [0.3, 0.4) is 0 Å². The average Bonchev–Trinajstić information content (AvgIpc) is 3.40. The van der Waals surface area contributed by atoms with Crippen LogP contribution in [0, 0.1) is 0 Å². The van der Waals surface area contributed by atoms with Crippen molar-refractivity contribution in [3.63, 3.8) is 0 Å². The lowest BCUT2D eigenvalue weighted by Crippen LogP contribution is -2.31. The number of anilines is 1. The fourth-order valence-corrected chi connectivity index (χ4v) is 4.22. The molecule has 4 rings (SSSR count). The number of pyridine rings is 1. The standard InChI is InChI=1S/C26H31N5O2/c1-4-6-15-30(18(3)32)26-22(5-2)29-24-12-11-20(17-31(24)26)25(33)27-14-13-19-16-28-23-10-8-7-9-21(19)23/h7-12,16-17,28H,4-6,13-15H2,1-3H3,(H,27,33). The van der Waals surface area contributed by atoms with E-state index in [2.05, 4.69) is 23.3 Å². The number of para-hydroxylation sites is 1. The number of aryl methyl sites for hydroxylation is 1. The molecule has 0 saturated carbocycles. The predicted molar refractivity (Wildman–Crippen MR) is 132 cm³/mol. The third-order valence-corrected chi connectivity index (χ3v) is 5.99. The highest BCUT2D eigenvalue weighted by atomic mass is 16.2. The molecule has 0 bridgehead atoms. The van der Waals surface area contributed by atoms with Crippen molar-refractivity contribution in [2.45, 2.75) is 46.5 Å². The Balaban J connectivity index is 1.55. The van der Waals surface area contributed by atoms with Crippen molar-refractivity contribution in [1.82, 2.24) is 19.7 Å². The maximum absolute atomic E-state index is 12.9. The van der Waals surface area contributed by atoms with Crippen molar-refractivity contribution in [1.29, 1.82) is 0 Å². The molecule has 0 atom stereocenters. The molecular weight excluding hydrogens is 414 g/mol. The molecule has 1 aromatic carbocycles. The highest BCUT2D eigenvalue weighted by Crippen LogP contribution is 2.25. The van der Waals surface area contributed by atoms with Gasteiger partial charge in [-0.25, -0.2) is 4.98 Å². The minimum Gasteiger partial charge on any atom is -0.361 e. The summed E-state index contributed by atoms with van der Waals surface area (Å²) in [4.78, 5) is 35.1. The fourth-order valence-electron chi connectivity index (χ4n) is 4.22. The minimum absolute atomic E-state index is 0.0199. The fraction of sp³-hybridized carbons (Fsp3) is 0.346. The number of nitrogens with one attached hydrogen (secondary N) is 2. The number of hydrogen-bond acceptors (Lipinski definition) is 3. The van der Waals surface area contributed by atoms with E-state index in [0.29, 0.717) is 25.1 Å². The number of imidazole rings is 1. The van der Waals surface area contributed by atoms with Gasteiger partial charge in [-0.2, -0.15) is 0 Å². The van der Waals surface area contributed by atoms with Crippen LogP contribution < -0.4 is 10.2 Å². The number of nitrogens with zero attached hydrogens (tertiary/aromatic N) is 3. The zero-order valence-corrected chi connectivity index (χ0v) is 19.5. The Bertz CT molecular complexity index is 1290. The number of hydrogen-bond donors (Lipinski definition) is 2. The summed E-state index contributed by atoms with van der Waals surface area (Å²) >= 11 is 0. The third-order valence-electron chi connectivity index (χ3n) is 5.99. The largest absolute Gasteiger partial charge is 0.361 e. The molecule has 7 nitrogen and oxygen atoms in total. The number of aromatic amines is 1. The molecule has 0 unspecified atom stereocenters. The molecule has 33 heavy (non-hydrogen) atoms. The predicted octanol–water partition coefficient (Wildman–Crippen LogP) is 4.50. The Kier molecular flexibility index (Phi) is 6.77. The maximum atomic E-state index is 12.9. The molecular formula is C26H31N5O2. The smallest absolute Gasteiger partial charge is 0.252 e. The second-order valence-electron chi connectivity index (χ2n) is 8.27. The van der Waals surface area contributed by atoms with Crippen LogP contribution in [-0.4, -0.2) is 39.3 Å². The highest BCUT2D eigenvalue weighted by Gasteiger charge is 2.21. The second kappa shape index (κ2) is 9.90. The van der Waals surface area contributed by atoms with E-state index in [-0.39, 0.29) is 11.8 Å². The second-order valence-corrected chi connectivity index (χ2v) is 8.27.